The Hall–Kier alpha value is -2.99. The van der Waals surface area contributed by atoms with Gasteiger partial charge < -0.3 is 10.1 Å². The summed E-state index contributed by atoms with van der Waals surface area (Å²) in [5, 5.41) is 2.83. The average Bonchev–Trinajstić information content (AvgIpc) is 3.08. The van der Waals surface area contributed by atoms with Crippen LogP contribution in [0.15, 0.2) is 54.7 Å². The molecule has 1 N–H and O–H groups in total. The number of amides is 1. The van der Waals surface area contributed by atoms with Gasteiger partial charge in [-0.1, -0.05) is 6.07 Å². The second-order valence-corrected chi connectivity index (χ2v) is 6.85. The Labute approximate surface area is 155 Å². The molecular weight excluding hydrogens is 348 g/mol. The quantitative estimate of drug-likeness (QED) is 0.673. The number of nitrogens with zero attached hydrogens (tertiary/aromatic N) is 1. The third kappa shape index (κ3) is 3.97. The normalized spacial score (nSPS) is 10.4. The van der Waals surface area contributed by atoms with Crippen LogP contribution in [0, 0.1) is 6.92 Å². The Morgan fingerprint density at radius 3 is 2.73 bits per heavy atom. The van der Waals surface area contributed by atoms with Gasteiger partial charge in [-0.25, -0.2) is 4.79 Å². The number of carbonyl (C=O) groups excluding carboxylic acids is 2. The van der Waals surface area contributed by atoms with E-state index in [0.29, 0.717) is 29.1 Å². The van der Waals surface area contributed by atoms with Crippen molar-refractivity contribution >= 4 is 28.9 Å². The first-order valence-electron chi connectivity index (χ1n) is 8.19. The third-order valence-electron chi connectivity index (χ3n) is 3.66. The zero-order chi connectivity index (χ0) is 18.5. The molecule has 2 aromatic heterocycles. The van der Waals surface area contributed by atoms with Gasteiger partial charge in [0.1, 0.15) is 0 Å². The van der Waals surface area contributed by atoms with Crippen molar-refractivity contribution in [2.45, 2.75) is 13.8 Å². The molecule has 5 nitrogen and oxygen atoms in total. The molecule has 132 valence electrons. The summed E-state index contributed by atoms with van der Waals surface area (Å²) >= 11 is 1.59. The van der Waals surface area contributed by atoms with Crippen molar-refractivity contribution in [3.63, 3.8) is 0 Å². The number of carbonyl (C=O) groups is 2. The minimum atomic E-state index is -0.417. The Bertz CT molecular complexity index is 949. The lowest BCUT2D eigenvalue weighted by Crippen LogP contribution is -2.14. The highest BCUT2D eigenvalue weighted by Crippen LogP contribution is 2.29. The molecule has 0 radical (unpaired) electrons. The molecule has 0 unspecified atom stereocenters. The Morgan fingerprint density at radius 2 is 2.00 bits per heavy atom. The van der Waals surface area contributed by atoms with Gasteiger partial charge in [0.05, 0.1) is 28.3 Å². The maximum atomic E-state index is 12.8. The predicted molar refractivity (Wildman–Crippen MR) is 103 cm³/mol. The minimum absolute atomic E-state index is 0.278. The fourth-order valence-electron chi connectivity index (χ4n) is 2.48. The van der Waals surface area contributed by atoms with Crippen LogP contribution in [0.5, 0.6) is 0 Å². The number of hydrogen-bond donors (Lipinski definition) is 1. The molecular formula is C20H18N2O3S. The number of aromatic nitrogens is 1. The number of rotatable bonds is 5. The number of thiophene rings is 1. The first-order valence-corrected chi connectivity index (χ1v) is 9.00. The largest absolute Gasteiger partial charge is 0.462 e. The van der Waals surface area contributed by atoms with Crippen molar-refractivity contribution in [3.05, 3.63) is 70.7 Å². The van der Waals surface area contributed by atoms with Gasteiger partial charge in [0.15, 0.2) is 0 Å². The molecule has 0 atom stereocenters. The minimum Gasteiger partial charge on any atom is -0.462 e. The molecule has 3 aromatic rings. The molecule has 1 aromatic carbocycles. The summed E-state index contributed by atoms with van der Waals surface area (Å²) < 4.78 is 4.99. The molecule has 3 rings (SSSR count). The van der Waals surface area contributed by atoms with Gasteiger partial charge in [-0.3, -0.25) is 9.78 Å². The second kappa shape index (κ2) is 7.93. The Morgan fingerprint density at radius 1 is 1.15 bits per heavy atom. The van der Waals surface area contributed by atoms with E-state index in [2.05, 4.69) is 10.3 Å². The van der Waals surface area contributed by atoms with Crippen molar-refractivity contribution in [3.8, 4) is 10.6 Å². The van der Waals surface area contributed by atoms with Crippen molar-refractivity contribution < 1.29 is 14.3 Å². The van der Waals surface area contributed by atoms with Gasteiger partial charge in [-0.05, 0) is 56.3 Å². The van der Waals surface area contributed by atoms with E-state index in [1.165, 1.54) is 0 Å². The summed E-state index contributed by atoms with van der Waals surface area (Å²) in [5.41, 5.74) is 2.04. The number of hydrogen-bond acceptors (Lipinski definition) is 5. The summed E-state index contributed by atoms with van der Waals surface area (Å²) in [6, 6.07) is 14.1. The van der Waals surface area contributed by atoms with E-state index in [9.17, 15) is 9.59 Å². The van der Waals surface area contributed by atoms with Crippen molar-refractivity contribution in [1.82, 2.24) is 4.98 Å². The molecule has 0 saturated heterocycles. The number of pyridine rings is 1. The lowest BCUT2D eigenvalue weighted by molar-refractivity contribution is 0.0526. The Balaban J connectivity index is 1.86. The number of ether oxygens (including phenoxy) is 1. The average molecular weight is 366 g/mol. The van der Waals surface area contributed by atoms with Crippen molar-refractivity contribution in [2.24, 2.45) is 0 Å². The van der Waals surface area contributed by atoms with E-state index in [1.807, 2.05) is 19.1 Å². The second-order valence-electron chi connectivity index (χ2n) is 5.57. The third-order valence-corrected chi connectivity index (χ3v) is 4.67. The summed E-state index contributed by atoms with van der Waals surface area (Å²) in [4.78, 5) is 31.1. The van der Waals surface area contributed by atoms with Crippen LogP contribution < -0.4 is 5.32 Å². The van der Waals surface area contributed by atoms with E-state index >= 15 is 0 Å². The molecule has 0 aliphatic rings. The molecule has 0 aliphatic heterocycles. The monoisotopic (exact) mass is 366 g/mol. The number of anilines is 1. The molecule has 0 saturated carbocycles. The zero-order valence-corrected chi connectivity index (χ0v) is 15.3. The lowest BCUT2D eigenvalue weighted by atomic mass is 10.1. The molecule has 0 spiro atoms. The van der Waals surface area contributed by atoms with E-state index in [4.69, 9.17) is 4.74 Å². The summed E-state index contributed by atoms with van der Waals surface area (Å²) in [6.07, 6.45) is 1.67. The van der Waals surface area contributed by atoms with Gasteiger partial charge in [-0.2, -0.15) is 0 Å². The highest BCUT2D eigenvalue weighted by molar-refractivity contribution is 7.15. The van der Waals surface area contributed by atoms with Gasteiger partial charge >= 0.3 is 5.97 Å². The molecule has 2 heterocycles. The van der Waals surface area contributed by atoms with Gasteiger partial charge in [0, 0.05) is 16.8 Å². The van der Waals surface area contributed by atoms with Crippen LogP contribution in [-0.2, 0) is 4.74 Å². The molecule has 0 aliphatic carbocycles. The smallest absolute Gasteiger partial charge is 0.338 e. The molecule has 0 fully saturated rings. The standard InChI is InChI=1S/C20H18N2O3S/c1-3-25-20(24)14-6-4-7-15(12-14)22-19(23)16-8-5-11-21-18(16)17-10-9-13(2)26-17/h4-12H,3H2,1-2H3,(H,22,23). The van der Waals surface area contributed by atoms with E-state index < -0.39 is 5.97 Å². The number of aryl methyl sites for hydroxylation is 1. The van der Waals surface area contributed by atoms with Gasteiger partial charge in [-0.15, -0.1) is 11.3 Å². The molecule has 0 bridgehead atoms. The van der Waals surface area contributed by atoms with Crippen LogP contribution >= 0.6 is 11.3 Å². The predicted octanol–water partition coefficient (Wildman–Crippen LogP) is 4.55. The number of esters is 1. The van der Waals surface area contributed by atoms with E-state index in [1.54, 1.807) is 60.9 Å². The van der Waals surface area contributed by atoms with Gasteiger partial charge in [0.25, 0.3) is 5.91 Å². The summed E-state index contributed by atoms with van der Waals surface area (Å²) in [6.45, 7) is 4.06. The molecule has 1 amide bonds. The van der Waals surface area contributed by atoms with Crippen molar-refractivity contribution in [1.29, 1.82) is 0 Å². The number of benzene rings is 1. The highest BCUT2D eigenvalue weighted by Gasteiger charge is 2.16. The van der Waals surface area contributed by atoms with Crippen LogP contribution in [0.2, 0.25) is 0 Å². The zero-order valence-electron chi connectivity index (χ0n) is 14.5. The topological polar surface area (TPSA) is 68.3 Å². The first-order chi connectivity index (χ1) is 12.6. The van der Waals surface area contributed by atoms with E-state index in [0.717, 1.165) is 9.75 Å². The SMILES string of the molecule is CCOC(=O)c1cccc(NC(=O)c2cccnc2-c2ccc(C)s2)c1. The molecule has 6 heteroatoms. The summed E-state index contributed by atoms with van der Waals surface area (Å²) in [7, 11) is 0. The van der Waals surface area contributed by atoms with E-state index in [-0.39, 0.29) is 5.91 Å². The van der Waals surface area contributed by atoms with Crippen LogP contribution in [-0.4, -0.2) is 23.5 Å². The van der Waals surface area contributed by atoms with Crippen molar-refractivity contribution in [2.75, 3.05) is 11.9 Å². The lowest BCUT2D eigenvalue weighted by Gasteiger charge is -2.09. The maximum absolute atomic E-state index is 12.8. The Kier molecular flexibility index (Phi) is 5.43. The van der Waals surface area contributed by atoms with Crippen LogP contribution in [0.4, 0.5) is 5.69 Å². The fraction of sp³-hybridized carbons (Fsp3) is 0.150. The fourth-order valence-corrected chi connectivity index (χ4v) is 3.36. The highest BCUT2D eigenvalue weighted by atomic mass is 32.1. The molecule has 26 heavy (non-hydrogen) atoms. The van der Waals surface area contributed by atoms with Crippen LogP contribution in [0.25, 0.3) is 10.6 Å². The maximum Gasteiger partial charge on any atom is 0.338 e. The van der Waals surface area contributed by atoms with Gasteiger partial charge in [0.2, 0.25) is 0 Å². The van der Waals surface area contributed by atoms with Crippen LogP contribution in [0.1, 0.15) is 32.5 Å². The van der Waals surface area contributed by atoms with Crippen LogP contribution in [0.3, 0.4) is 0 Å². The summed E-state index contributed by atoms with van der Waals surface area (Å²) in [5.74, 6) is -0.695. The first kappa shape index (κ1) is 17.8. The number of nitrogens with one attached hydrogen (secondary N) is 1.